The van der Waals surface area contributed by atoms with Gasteiger partial charge in [0.05, 0.1) is 19.3 Å². The third-order valence-electron chi connectivity index (χ3n) is 4.80. The molecule has 8 nitrogen and oxygen atoms in total. The molecule has 144 valence electrons. The molecule has 2 fully saturated rings. The number of morpholine rings is 1. The standard InChI is InChI=1S/C17H26N4O4S/c22-15-2-5-20(17(24)18-15)6-3-16(23)21-4-1-11-26-13-14(21)12-19-7-9-25-10-8-19/h2,5,14H,1,3-4,6-13H2,(H,18,22,24). The van der Waals surface area contributed by atoms with Crippen molar-refractivity contribution in [1.82, 2.24) is 19.4 Å². The number of carbonyl (C=O) groups excluding carboxylic acids is 1. The molecule has 26 heavy (non-hydrogen) atoms. The largest absolute Gasteiger partial charge is 0.379 e. The molecule has 1 aromatic rings. The predicted octanol–water partition coefficient (Wildman–Crippen LogP) is -0.407. The number of H-pyrrole nitrogens is 1. The van der Waals surface area contributed by atoms with Gasteiger partial charge in [-0.25, -0.2) is 4.79 Å². The molecular formula is C17H26N4O4S. The maximum absolute atomic E-state index is 12.8. The SMILES string of the molecule is O=C(CCn1ccc(=O)[nH]c1=O)N1CCCSCC1CN1CCOCC1. The van der Waals surface area contributed by atoms with Gasteiger partial charge in [-0.05, 0) is 12.2 Å². The average molecular weight is 382 g/mol. The molecule has 0 aliphatic carbocycles. The van der Waals surface area contributed by atoms with Crippen LogP contribution in [0.3, 0.4) is 0 Å². The Hall–Kier alpha value is -1.58. The number of amides is 1. The number of nitrogens with zero attached hydrogens (tertiary/aromatic N) is 3. The highest BCUT2D eigenvalue weighted by molar-refractivity contribution is 7.99. The molecule has 9 heteroatoms. The van der Waals surface area contributed by atoms with Crippen LogP contribution in [0.1, 0.15) is 12.8 Å². The van der Waals surface area contributed by atoms with Crippen molar-refractivity contribution in [2.45, 2.75) is 25.4 Å². The summed E-state index contributed by atoms with van der Waals surface area (Å²) in [6.07, 6.45) is 2.70. The van der Waals surface area contributed by atoms with E-state index in [0.717, 1.165) is 57.3 Å². The van der Waals surface area contributed by atoms with Crippen LogP contribution in [0.2, 0.25) is 0 Å². The molecule has 0 radical (unpaired) electrons. The van der Waals surface area contributed by atoms with Crippen LogP contribution in [0.4, 0.5) is 0 Å². The number of aromatic amines is 1. The second kappa shape index (κ2) is 9.38. The van der Waals surface area contributed by atoms with E-state index in [1.54, 1.807) is 0 Å². The van der Waals surface area contributed by atoms with Crippen molar-refractivity contribution in [2.75, 3.05) is 50.9 Å². The maximum Gasteiger partial charge on any atom is 0.328 e. The van der Waals surface area contributed by atoms with Crippen molar-refractivity contribution in [3.8, 4) is 0 Å². The Morgan fingerprint density at radius 2 is 2.08 bits per heavy atom. The summed E-state index contributed by atoms with van der Waals surface area (Å²) >= 11 is 1.91. The molecule has 0 bridgehead atoms. The minimum Gasteiger partial charge on any atom is -0.379 e. The fourth-order valence-corrected chi connectivity index (χ4v) is 4.43. The Bertz CT molecular complexity index is 713. The average Bonchev–Trinajstić information content (AvgIpc) is 2.87. The molecule has 2 aliphatic rings. The van der Waals surface area contributed by atoms with Gasteiger partial charge in [0.15, 0.2) is 0 Å². The number of rotatable bonds is 5. The molecule has 1 N–H and O–H groups in total. The Kier molecular flexibility index (Phi) is 6.93. The van der Waals surface area contributed by atoms with Crippen LogP contribution in [0.15, 0.2) is 21.9 Å². The highest BCUT2D eigenvalue weighted by Crippen LogP contribution is 2.19. The summed E-state index contributed by atoms with van der Waals surface area (Å²) in [6, 6.07) is 1.50. The van der Waals surface area contributed by atoms with Gasteiger partial charge in [0.1, 0.15) is 0 Å². The van der Waals surface area contributed by atoms with Crippen LogP contribution in [-0.2, 0) is 16.1 Å². The van der Waals surface area contributed by atoms with Gasteiger partial charge in [0.25, 0.3) is 5.56 Å². The minimum atomic E-state index is -0.471. The molecular weight excluding hydrogens is 356 g/mol. The van der Waals surface area contributed by atoms with Crippen molar-refractivity contribution in [3.05, 3.63) is 33.1 Å². The van der Waals surface area contributed by atoms with Crippen LogP contribution in [0, 0.1) is 0 Å². The van der Waals surface area contributed by atoms with Crippen LogP contribution in [0.25, 0.3) is 0 Å². The molecule has 0 saturated carbocycles. The Labute approximate surface area is 156 Å². The van der Waals surface area contributed by atoms with Crippen molar-refractivity contribution < 1.29 is 9.53 Å². The smallest absolute Gasteiger partial charge is 0.328 e. The highest BCUT2D eigenvalue weighted by atomic mass is 32.2. The Morgan fingerprint density at radius 3 is 2.85 bits per heavy atom. The number of hydrogen-bond acceptors (Lipinski definition) is 6. The number of nitrogens with one attached hydrogen (secondary N) is 1. The van der Waals surface area contributed by atoms with E-state index in [1.807, 2.05) is 16.7 Å². The normalized spacial score (nSPS) is 22.2. The summed E-state index contributed by atoms with van der Waals surface area (Å²) in [5.41, 5.74) is -0.894. The molecule has 2 saturated heterocycles. The van der Waals surface area contributed by atoms with Crippen LogP contribution < -0.4 is 11.2 Å². The van der Waals surface area contributed by atoms with Crippen molar-refractivity contribution in [3.63, 3.8) is 0 Å². The molecule has 0 aromatic carbocycles. The lowest BCUT2D eigenvalue weighted by molar-refractivity contribution is -0.133. The van der Waals surface area contributed by atoms with E-state index >= 15 is 0 Å². The van der Waals surface area contributed by atoms with Gasteiger partial charge >= 0.3 is 5.69 Å². The molecule has 3 rings (SSSR count). The Balaban J connectivity index is 1.61. The zero-order valence-corrected chi connectivity index (χ0v) is 15.7. The maximum atomic E-state index is 12.8. The number of aromatic nitrogens is 2. The molecule has 1 aromatic heterocycles. The van der Waals surface area contributed by atoms with Crippen molar-refractivity contribution >= 4 is 17.7 Å². The van der Waals surface area contributed by atoms with Gasteiger partial charge in [0.2, 0.25) is 5.91 Å². The summed E-state index contributed by atoms with van der Waals surface area (Å²) < 4.78 is 6.79. The second-order valence-corrected chi connectivity index (χ2v) is 7.79. The first kappa shape index (κ1) is 19.2. The van der Waals surface area contributed by atoms with E-state index in [1.165, 1.54) is 16.8 Å². The van der Waals surface area contributed by atoms with E-state index in [4.69, 9.17) is 4.74 Å². The minimum absolute atomic E-state index is 0.0730. The zero-order valence-electron chi connectivity index (χ0n) is 14.9. The molecule has 1 unspecified atom stereocenters. The zero-order chi connectivity index (χ0) is 18.4. The molecule has 1 atom stereocenters. The topological polar surface area (TPSA) is 87.6 Å². The molecule has 0 spiro atoms. The second-order valence-electron chi connectivity index (χ2n) is 6.64. The van der Waals surface area contributed by atoms with Crippen LogP contribution in [-0.4, -0.2) is 82.2 Å². The lowest BCUT2D eigenvalue weighted by Crippen LogP contribution is -2.50. The van der Waals surface area contributed by atoms with Gasteiger partial charge in [0, 0.05) is 57.2 Å². The number of hydrogen-bond donors (Lipinski definition) is 1. The number of thioether (sulfide) groups is 1. The van der Waals surface area contributed by atoms with Crippen molar-refractivity contribution in [2.24, 2.45) is 0 Å². The fraction of sp³-hybridized carbons (Fsp3) is 0.706. The van der Waals surface area contributed by atoms with E-state index in [0.29, 0.717) is 0 Å². The van der Waals surface area contributed by atoms with Gasteiger partial charge < -0.3 is 14.2 Å². The number of ether oxygens (including phenoxy) is 1. The van der Waals surface area contributed by atoms with Gasteiger partial charge in [-0.15, -0.1) is 0 Å². The quantitative estimate of drug-likeness (QED) is 0.745. The first-order chi connectivity index (χ1) is 12.6. The Morgan fingerprint density at radius 1 is 1.27 bits per heavy atom. The monoisotopic (exact) mass is 382 g/mol. The van der Waals surface area contributed by atoms with E-state index in [9.17, 15) is 14.4 Å². The first-order valence-corrected chi connectivity index (χ1v) is 10.3. The highest BCUT2D eigenvalue weighted by Gasteiger charge is 2.27. The first-order valence-electron chi connectivity index (χ1n) is 9.10. The predicted molar refractivity (Wildman–Crippen MR) is 101 cm³/mol. The summed E-state index contributed by atoms with van der Waals surface area (Å²) in [5.74, 6) is 2.09. The summed E-state index contributed by atoms with van der Waals surface area (Å²) in [6.45, 7) is 5.25. The van der Waals surface area contributed by atoms with Gasteiger partial charge in [-0.2, -0.15) is 11.8 Å². The van der Waals surface area contributed by atoms with Gasteiger partial charge in [-0.3, -0.25) is 19.5 Å². The van der Waals surface area contributed by atoms with E-state index in [2.05, 4.69) is 9.88 Å². The molecule has 3 heterocycles. The van der Waals surface area contributed by atoms with Gasteiger partial charge in [-0.1, -0.05) is 0 Å². The number of aryl methyl sites for hydroxylation is 1. The lowest BCUT2D eigenvalue weighted by Gasteiger charge is -2.35. The van der Waals surface area contributed by atoms with E-state index < -0.39 is 11.2 Å². The third kappa shape index (κ3) is 5.21. The van der Waals surface area contributed by atoms with Crippen LogP contribution in [0.5, 0.6) is 0 Å². The summed E-state index contributed by atoms with van der Waals surface area (Å²) in [7, 11) is 0. The summed E-state index contributed by atoms with van der Waals surface area (Å²) in [5, 5.41) is 0. The summed E-state index contributed by atoms with van der Waals surface area (Å²) in [4.78, 5) is 42.3. The van der Waals surface area contributed by atoms with E-state index in [-0.39, 0.29) is 24.9 Å². The van der Waals surface area contributed by atoms with Crippen molar-refractivity contribution in [1.29, 1.82) is 0 Å². The number of carbonyl (C=O) groups is 1. The lowest BCUT2D eigenvalue weighted by atomic mass is 10.2. The molecule has 1 amide bonds. The fourth-order valence-electron chi connectivity index (χ4n) is 3.37. The molecule has 2 aliphatic heterocycles. The third-order valence-corrected chi connectivity index (χ3v) is 5.99. The van der Waals surface area contributed by atoms with Crippen LogP contribution >= 0.6 is 11.8 Å².